The number of carbonyl (C=O) groups is 1. The van der Waals surface area contributed by atoms with Crippen LogP contribution in [0.15, 0.2) is 71.4 Å². The second-order valence-electron chi connectivity index (χ2n) is 5.20. The molecule has 0 amide bonds. The molecule has 0 spiro atoms. The van der Waals surface area contributed by atoms with Gasteiger partial charge in [-0.3, -0.25) is 0 Å². The molecular weight excluding hydrogens is 318 g/mol. The van der Waals surface area contributed by atoms with Crippen LogP contribution in [0.1, 0.15) is 11.1 Å². The van der Waals surface area contributed by atoms with Gasteiger partial charge in [0.1, 0.15) is 0 Å². The molecule has 0 saturated heterocycles. The average Bonchev–Trinajstić information content (AvgIpc) is 3.03. The van der Waals surface area contributed by atoms with E-state index in [4.69, 9.17) is 14.2 Å². The topological polar surface area (TPSA) is 57.1 Å². The Hall–Kier alpha value is -3.34. The fourth-order valence-corrected chi connectivity index (χ4v) is 2.33. The number of hydrogen-bond acceptors (Lipinski definition) is 5. The molecule has 25 heavy (non-hydrogen) atoms. The van der Waals surface area contributed by atoms with Gasteiger partial charge in [-0.1, -0.05) is 42.5 Å². The summed E-state index contributed by atoms with van der Waals surface area (Å²) in [5.41, 5.74) is 1.92. The maximum absolute atomic E-state index is 12.0. The van der Waals surface area contributed by atoms with Gasteiger partial charge < -0.3 is 14.2 Å². The zero-order valence-corrected chi connectivity index (χ0v) is 13.9. The Morgan fingerprint density at radius 3 is 2.48 bits per heavy atom. The number of cyclic esters (lactones) is 1. The molecule has 1 aliphatic heterocycles. The van der Waals surface area contributed by atoms with Crippen molar-refractivity contribution >= 4 is 17.9 Å². The van der Waals surface area contributed by atoms with Crippen LogP contribution >= 0.6 is 0 Å². The van der Waals surface area contributed by atoms with Crippen LogP contribution in [0.4, 0.5) is 0 Å². The van der Waals surface area contributed by atoms with Crippen LogP contribution in [0.5, 0.6) is 11.5 Å². The van der Waals surface area contributed by atoms with Gasteiger partial charge >= 0.3 is 5.97 Å². The molecule has 0 N–H and O–H groups in total. The zero-order chi connectivity index (χ0) is 17.6. The van der Waals surface area contributed by atoms with E-state index in [9.17, 15) is 4.79 Å². The number of carbonyl (C=O) groups excluding carboxylic acids is 1. The van der Waals surface area contributed by atoms with Crippen molar-refractivity contribution in [1.82, 2.24) is 0 Å². The van der Waals surface area contributed by atoms with Crippen LogP contribution in [-0.4, -0.2) is 26.1 Å². The summed E-state index contributed by atoms with van der Waals surface area (Å²) in [6, 6.07) is 15.0. The summed E-state index contributed by atoms with van der Waals surface area (Å²) in [6.07, 6.45) is 5.29. The van der Waals surface area contributed by atoms with Gasteiger partial charge in [-0.2, -0.15) is 0 Å². The van der Waals surface area contributed by atoms with Crippen LogP contribution in [0.2, 0.25) is 0 Å². The summed E-state index contributed by atoms with van der Waals surface area (Å²) < 4.78 is 15.7. The summed E-state index contributed by atoms with van der Waals surface area (Å²) in [7, 11) is 3.11. The first-order valence-electron chi connectivity index (χ1n) is 7.68. The first-order chi connectivity index (χ1) is 12.2. The third-order valence-electron chi connectivity index (χ3n) is 3.59. The van der Waals surface area contributed by atoms with E-state index in [1.165, 1.54) is 0 Å². The largest absolute Gasteiger partial charge is 0.493 e. The summed E-state index contributed by atoms with van der Waals surface area (Å²) in [6.45, 7) is 0. The van der Waals surface area contributed by atoms with Crippen molar-refractivity contribution in [3.05, 3.63) is 77.5 Å². The van der Waals surface area contributed by atoms with Gasteiger partial charge in [0.05, 0.1) is 14.2 Å². The van der Waals surface area contributed by atoms with Gasteiger partial charge in [0.25, 0.3) is 0 Å². The molecule has 1 heterocycles. The highest BCUT2D eigenvalue weighted by Gasteiger charge is 2.24. The Balaban J connectivity index is 1.83. The molecule has 0 fully saturated rings. The number of rotatable bonds is 5. The highest BCUT2D eigenvalue weighted by molar-refractivity contribution is 6.11. The number of methoxy groups -OCH3 is 2. The van der Waals surface area contributed by atoms with Crippen molar-refractivity contribution in [3.63, 3.8) is 0 Å². The van der Waals surface area contributed by atoms with E-state index in [1.807, 2.05) is 36.4 Å². The van der Waals surface area contributed by atoms with E-state index < -0.39 is 5.97 Å². The van der Waals surface area contributed by atoms with Gasteiger partial charge in [-0.25, -0.2) is 9.79 Å². The molecule has 0 radical (unpaired) electrons. The van der Waals surface area contributed by atoms with E-state index in [0.717, 1.165) is 5.56 Å². The summed E-state index contributed by atoms with van der Waals surface area (Å²) in [5.74, 6) is 0.894. The normalized spacial score (nSPS) is 15.4. The van der Waals surface area contributed by atoms with E-state index in [0.29, 0.717) is 17.1 Å². The van der Waals surface area contributed by atoms with E-state index in [2.05, 4.69) is 4.99 Å². The van der Waals surface area contributed by atoms with Gasteiger partial charge in [0, 0.05) is 5.56 Å². The number of nitrogens with zero attached hydrogens (tertiary/aromatic N) is 1. The highest BCUT2D eigenvalue weighted by Crippen LogP contribution is 2.29. The van der Waals surface area contributed by atoms with E-state index >= 15 is 0 Å². The number of hydrogen-bond donors (Lipinski definition) is 0. The lowest BCUT2D eigenvalue weighted by Gasteiger charge is -2.08. The SMILES string of the molecule is COc1ccc(C2=NC(=CC=Cc3ccccc3)C(=O)O2)cc1OC. The minimum atomic E-state index is -0.484. The third kappa shape index (κ3) is 3.77. The molecule has 1 aliphatic rings. The van der Waals surface area contributed by atoms with Crippen LogP contribution in [-0.2, 0) is 9.53 Å². The van der Waals surface area contributed by atoms with Crippen molar-refractivity contribution in [2.24, 2.45) is 4.99 Å². The molecular formula is C20H17NO4. The van der Waals surface area contributed by atoms with Crippen LogP contribution in [0.25, 0.3) is 6.08 Å². The van der Waals surface area contributed by atoms with E-state index in [-0.39, 0.29) is 11.6 Å². The lowest BCUT2D eigenvalue weighted by Crippen LogP contribution is -2.05. The lowest BCUT2D eigenvalue weighted by molar-refractivity contribution is -0.130. The molecule has 0 atom stereocenters. The maximum Gasteiger partial charge on any atom is 0.363 e. The van der Waals surface area contributed by atoms with Crippen molar-refractivity contribution in [1.29, 1.82) is 0 Å². The second-order valence-corrected chi connectivity index (χ2v) is 5.20. The standard InChI is InChI=1S/C20H17NO4/c1-23-17-12-11-15(13-18(17)24-2)19-21-16(20(22)25-19)10-6-9-14-7-4-3-5-8-14/h3-13H,1-2H3. The number of aliphatic imine (C=N–C) groups is 1. The number of benzene rings is 2. The first kappa shape index (κ1) is 16.5. The van der Waals surface area contributed by atoms with Crippen molar-refractivity contribution in [3.8, 4) is 11.5 Å². The quantitative estimate of drug-likeness (QED) is 0.619. The molecule has 5 nitrogen and oxygen atoms in total. The van der Waals surface area contributed by atoms with Crippen LogP contribution in [0, 0.1) is 0 Å². The number of ether oxygens (including phenoxy) is 3. The van der Waals surface area contributed by atoms with Crippen molar-refractivity contribution < 1.29 is 19.0 Å². The van der Waals surface area contributed by atoms with Crippen LogP contribution in [0.3, 0.4) is 0 Å². The van der Waals surface area contributed by atoms with Gasteiger partial charge in [0.2, 0.25) is 5.90 Å². The molecule has 126 valence electrons. The Morgan fingerprint density at radius 1 is 1.00 bits per heavy atom. The predicted molar refractivity (Wildman–Crippen MR) is 95.7 cm³/mol. The van der Waals surface area contributed by atoms with Crippen molar-refractivity contribution in [2.75, 3.05) is 14.2 Å². The molecule has 0 saturated carbocycles. The summed E-state index contributed by atoms with van der Waals surface area (Å²) in [4.78, 5) is 16.2. The van der Waals surface area contributed by atoms with Gasteiger partial charge in [0.15, 0.2) is 17.2 Å². The minimum absolute atomic E-state index is 0.241. The van der Waals surface area contributed by atoms with Gasteiger partial charge in [-0.15, -0.1) is 0 Å². The molecule has 0 unspecified atom stereocenters. The second kappa shape index (κ2) is 7.49. The predicted octanol–water partition coefficient (Wildman–Crippen LogP) is 3.60. The first-order valence-corrected chi connectivity index (χ1v) is 7.68. The summed E-state index contributed by atoms with van der Waals surface area (Å²) in [5, 5.41) is 0. The Labute approximate surface area is 145 Å². The van der Waals surface area contributed by atoms with Crippen LogP contribution < -0.4 is 9.47 Å². The van der Waals surface area contributed by atoms with Crippen molar-refractivity contribution in [2.45, 2.75) is 0 Å². The fourth-order valence-electron chi connectivity index (χ4n) is 2.33. The highest BCUT2D eigenvalue weighted by atomic mass is 16.6. The average molecular weight is 335 g/mol. The Bertz CT molecular complexity index is 867. The summed E-state index contributed by atoms with van der Waals surface area (Å²) >= 11 is 0. The van der Waals surface area contributed by atoms with E-state index in [1.54, 1.807) is 44.6 Å². The molecule has 2 aromatic carbocycles. The molecule has 2 aromatic rings. The molecule has 5 heteroatoms. The zero-order valence-electron chi connectivity index (χ0n) is 13.9. The molecule has 0 aromatic heterocycles. The Morgan fingerprint density at radius 2 is 1.76 bits per heavy atom. The maximum atomic E-state index is 12.0. The monoisotopic (exact) mass is 335 g/mol. The molecule has 0 bridgehead atoms. The fraction of sp³-hybridized carbons (Fsp3) is 0.100. The molecule has 3 rings (SSSR count). The smallest absolute Gasteiger partial charge is 0.363 e. The Kier molecular flexibility index (Phi) is 4.95. The van der Waals surface area contributed by atoms with Gasteiger partial charge in [-0.05, 0) is 29.8 Å². The number of allylic oxidation sites excluding steroid dienone is 2. The molecule has 0 aliphatic carbocycles. The number of esters is 1. The minimum Gasteiger partial charge on any atom is -0.493 e. The lowest BCUT2D eigenvalue weighted by atomic mass is 10.2. The third-order valence-corrected chi connectivity index (χ3v) is 3.59.